The van der Waals surface area contributed by atoms with Crippen LogP contribution in [0.15, 0.2) is 12.1 Å². The molecule has 0 fully saturated rings. The standard InChI is InChI=1S/C10H3Br6Cl3O2/c11-8(12,17)3-1-4(9(13,14)18)6(7(20)21)5(2-3)10(15,16)19/h1-2H,(H,20,21). The van der Waals surface area contributed by atoms with Crippen molar-refractivity contribution in [1.82, 2.24) is 0 Å². The predicted octanol–water partition coefficient (Wildman–Crippen LogP) is 7.80. The highest BCUT2D eigenvalue weighted by Crippen LogP contribution is 2.53. The van der Waals surface area contributed by atoms with E-state index in [0.29, 0.717) is 5.56 Å². The number of halogens is 9. The number of rotatable bonds is 4. The molecule has 0 heterocycles. The van der Waals surface area contributed by atoms with E-state index in [9.17, 15) is 9.90 Å². The van der Waals surface area contributed by atoms with Crippen molar-refractivity contribution < 1.29 is 9.90 Å². The highest BCUT2D eigenvalue weighted by Gasteiger charge is 2.38. The molecule has 1 aromatic carbocycles. The summed E-state index contributed by atoms with van der Waals surface area (Å²) < 4.78 is -3.71. The van der Waals surface area contributed by atoms with Crippen molar-refractivity contribution in [2.45, 2.75) is 8.08 Å². The molecule has 0 spiro atoms. The van der Waals surface area contributed by atoms with E-state index in [0.717, 1.165) is 0 Å². The van der Waals surface area contributed by atoms with Gasteiger partial charge in [0.15, 0.2) is 8.08 Å². The van der Waals surface area contributed by atoms with Gasteiger partial charge in [-0.25, -0.2) is 4.79 Å². The number of carboxylic acid groups (broad SMARTS) is 1. The Hall–Kier alpha value is 2.44. The normalized spacial score (nSPS) is 13.4. The molecule has 0 aliphatic heterocycles. The summed E-state index contributed by atoms with van der Waals surface area (Å²) in [6, 6.07) is 3.06. The van der Waals surface area contributed by atoms with E-state index in [1.54, 1.807) is 0 Å². The van der Waals surface area contributed by atoms with Crippen molar-refractivity contribution in [2.24, 2.45) is 0 Å². The van der Waals surface area contributed by atoms with Crippen LogP contribution >= 0.6 is 130 Å². The molecule has 0 radical (unpaired) electrons. The van der Waals surface area contributed by atoms with Gasteiger partial charge in [0.2, 0.25) is 0 Å². The van der Waals surface area contributed by atoms with Crippen molar-refractivity contribution in [2.75, 3.05) is 0 Å². The molecule has 1 aromatic rings. The molecule has 1 rings (SSSR count). The summed E-state index contributed by atoms with van der Waals surface area (Å²) in [5.41, 5.74) is 0.896. The third kappa shape index (κ3) is 5.73. The van der Waals surface area contributed by atoms with Crippen LogP contribution in [0.1, 0.15) is 27.0 Å². The molecule has 21 heavy (non-hydrogen) atoms. The Morgan fingerprint density at radius 1 is 0.857 bits per heavy atom. The average molecular weight is 741 g/mol. The van der Waals surface area contributed by atoms with E-state index >= 15 is 0 Å². The molecule has 0 aliphatic carbocycles. The van der Waals surface area contributed by atoms with Crippen molar-refractivity contribution in [3.63, 3.8) is 0 Å². The van der Waals surface area contributed by atoms with Crippen molar-refractivity contribution >= 4 is 136 Å². The van der Waals surface area contributed by atoms with Gasteiger partial charge >= 0.3 is 5.97 Å². The average Bonchev–Trinajstić information content (AvgIpc) is 2.23. The quantitative estimate of drug-likeness (QED) is 0.320. The van der Waals surface area contributed by atoms with Gasteiger partial charge in [-0.15, -0.1) is 0 Å². The van der Waals surface area contributed by atoms with Gasteiger partial charge in [-0.2, -0.15) is 0 Å². The van der Waals surface area contributed by atoms with Crippen molar-refractivity contribution in [3.05, 3.63) is 34.4 Å². The molecule has 2 nitrogen and oxygen atoms in total. The number of aromatic carboxylic acids is 1. The fourth-order valence-electron chi connectivity index (χ4n) is 1.48. The maximum absolute atomic E-state index is 11.6. The van der Waals surface area contributed by atoms with Gasteiger partial charge < -0.3 is 5.11 Å². The SMILES string of the molecule is O=C(O)c1c(C(Cl)(Br)Br)cc(C(Cl)(Br)Br)cc1C(Cl)(Br)Br. The van der Waals surface area contributed by atoms with Crippen molar-refractivity contribution in [1.29, 1.82) is 0 Å². The summed E-state index contributed by atoms with van der Waals surface area (Å²) in [6.07, 6.45) is 0. The molecule has 0 unspecified atom stereocenters. The van der Waals surface area contributed by atoms with Crippen LogP contribution in [-0.4, -0.2) is 11.1 Å². The topological polar surface area (TPSA) is 37.3 Å². The maximum atomic E-state index is 11.6. The second kappa shape index (κ2) is 7.36. The van der Waals surface area contributed by atoms with E-state index < -0.39 is 14.0 Å². The van der Waals surface area contributed by atoms with Gasteiger partial charge in [0, 0.05) is 11.1 Å². The molecular weight excluding hydrogens is 738 g/mol. The number of hydrogen-bond donors (Lipinski definition) is 1. The molecule has 0 saturated carbocycles. The van der Waals surface area contributed by atoms with E-state index in [1.807, 2.05) is 0 Å². The van der Waals surface area contributed by atoms with Gasteiger partial charge in [-0.3, -0.25) is 0 Å². The fourth-order valence-corrected chi connectivity index (χ4v) is 3.60. The van der Waals surface area contributed by atoms with Crippen molar-refractivity contribution in [3.8, 4) is 0 Å². The fraction of sp³-hybridized carbons (Fsp3) is 0.300. The van der Waals surface area contributed by atoms with E-state index in [-0.39, 0.29) is 16.7 Å². The smallest absolute Gasteiger partial charge is 0.336 e. The minimum absolute atomic E-state index is 0.0767. The zero-order valence-corrected chi connectivity index (χ0v) is 21.2. The lowest BCUT2D eigenvalue weighted by Gasteiger charge is -2.25. The van der Waals surface area contributed by atoms with Gasteiger partial charge in [0.25, 0.3) is 0 Å². The van der Waals surface area contributed by atoms with Crippen LogP contribution in [0.3, 0.4) is 0 Å². The van der Waals surface area contributed by atoms with Crippen LogP contribution < -0.4 is 0 Å². The molecule has 0 aromatic heterocycles. The number of alkyl halides is 9. The Kier molecular flexibility index (Phi) is 7.53. The molecule has 118 valence electrons. The number of carbonyl (C=O) groups is 1. The highest BCUT2D eigenvalue weighted by atomic mass is 79.9. The monoisotopic (exact) mass is 733 g/mol. The summed E-state index contributed by atoms with van der Waals surface area (Å²) >= 11 is 37.7. The van der Waals surface area contributed by atoms with Crippen LogP contribution in [0.5, 0.6) is 0 Å². The Bertz CT molecular complexity index is 539. The van der Waals surface area contributed by atoms with Crippen LogP contribution in [-0.2, 0) is 8.08 Å². The number of benzene rings is 1. The largest absolute Gasteiger partial charge is 0.478 e. The zero-order valence-electron chi connectivity index (χ0n) is 9.41. The zero-order chi connectivity index (χ0) is 16.8. The molecule has 0 bridgehead atoms. The van der Waals surface area contributed by atoms with E-state index in [1.165, 1.54) is 12.1 Å². The van der Waals surface area contributed by atoms with Crippen LogP contribution in [0, 0.1) is 0 Å². The van der Waals surface area contributed by atoms with Crippen LogP contribution in [0.25, 0.3) is 0 Å². The minimum Gasteiger partial charge on any atom is -0.478 e. The molecule has 0 saturated heterocycles. The summed E-state index contributed by atoms with van der Waals surface area (Å²) in [5.74, 6) is -1.19. The number of carboxylic acids is 1. The lowest BCUT2D eigenvalue weighted by atomic mass is 9.99. The van der Waals surface area contributed by atoms with Gasteiger partial charge in [-0.05, 0) is 113 Å². The molecule has 0 aliphatic rings. The Morgan fingerprint density at radius 2 is 1.19 bits per heavy atom. The highest BCUT2D eigenvalue weighted by molar-refractivity contribution is 9.26. The molecule has 0 atom stereocenters. The maximum Gasteiger partial charge on any atom is 0.336 e. The summed E-state index contributed by atoms with van der Waals surface area (Å²) in [4.78, 5) is 11.6. The Morgan fingerprint density at radius 3 is 1.38 bits per heavy atom. The third-order valence-electron chi connectivity index (χ3n) is 2.29. The third-order valence-corrected chi connectivity index (χ3v) is 5.54. The van der Waals surface area contributed by atoms with E-state index in [4.69, 9.17) is 34.8 Å². The molecule has 1 N–H and O–H groups in total. The van der Waals surface area contributed by atoms with Gasteiger partial charge in [0.1, 0.15) is 0 Å². The van der Waals surface area contributed by atoms with Crippen LogP contribution in [0.2, 0.25) is 0 Å². The predicted molar refractivity (Wildman–Crippen MR) is 110 cm³/mol. The summed E-state index contributed by atoms with van der Waals surface area (Å²) in [7, 11) is 0. The Balaban J connectivity index is 3.89. The second-order valence-electron chi connectivity index (χ2n) is 3.74. The molecular formula is C10H3Br6Cl3O2. The lowest BCUT2D eigenvalue weighted by molar-refractivity contribution is 0.0695. The minimum atomic E-state index is -1.30. The second-order valence-corrected chi connectivity index (χ2v) is 18.5. The van der Waals surface area contributed by atoms with E-state index in [2.05, 4.69) is 95.6 Å². The molecule has 0 amide bonds. The first-order valence-corrected chi connectivity index (χ1v) is 10.7. The van der Waals surface area contributed by atoms with Gasteiger partial charge in [0.05, 0.1) is 5.56 Å². The van der Waals surface area contributed by atoms with Gasteiger partial charge in [-0.1, -0.05) is 34.8 Å². The summed E-state index contributed by atoms with van der Waals surface area (Å²) in [5, 5.41) is 9.51. The number of hydrogen-bond acceptors (Lipinski definition) is 1. The first kappa shape index (κ1) is 21.5. The lowest BCUT2D eigenvalue weighted by Crippen LogP contribution is -2.18. The summed E-state index contributed by atoms with van der Waals surface area (Å²) in [6.45, 7) is 0. The molecule has 11 heteroatoms. The van der Waals surface area contributed by atoms with Crippen LogP contribution in [0.4, 0.5) is 0 Å². The first-order valence-electron chi connectivity index (χ1n) is 4.78. The Labute approximate surface area is 186 Å². The first-order chi connectivity index (χ1) is 9.15.